The number of carbonyl (C=O) groups excluding carboxylic acids is 1. The van der Waals surface area contributed by atoms with E-state index >= 15 is 0 Å². The number of ether oxygens (including phenoxy) is 1. The third-order valence-electron chi connectivity index (χ3n) is 2.61. The first-order chi connectivity index (χ1) is 7.15. The van der Waals surface area contributed by atoms with E-state index in [2.05, 4.69) is 6.07 Å². The van der Waals surface area contributed by atoms with Crippen LogP contribution in [0.3, 0.4) is 0 Å². The van der Waals surface area contributed by atoms with Crippen LogP contribution in [0.2, 0.25) is 0 Å². The van der Waals surface area contributed by atoms with Gasteiger partial charge in [-0.05, 0) is 49.9 Å². The maximum Gasteiger partial charge on any atom is 0.173 e. The molecule has 0 unspecified atom stereocenters. The topological polar surface area (TPSA) is 26.3 Å². The predicted octanol–water partition coefficient (Wildman–Crippen LogP) is 2.66. The van der Waals surface area contributed by atoms with E-state index in [4.69, 9.17) is 4.74 Å². The number of hydrogen-bond donors (Lipinski definition) is 0. The number of carbonyl (C=O) groups is 1. The van der Waals surface area contributed by atoms with E-state index in [1.54, 1.807) is 0 Å². The zero-order valence-corrected chi connectivity index (χ0v) is 9.25. The third kappa shape index (κ3) is 2.82. The minimum absolute atomic E-state index is 0.230. The van der Waals surface area contributed by atoms with Crippen molar-refractivity contribution in [1.82, 2.24) is 0 Å². The lowest BCUT2D eigenvalue weighted by atomic mass is 10.1. The number of Topliss-reactive ketones (excluding diaryl/α,β-unsaturated/α-hetero) is 1. The van der Waals surface area contributed by atoms with Gasteiger partial charge in [0, 0.05) is 5.92 Å². The largest absolute Gasteiger partial charge is 0.486 e. The van der Waals surface area contributed by atoms with Crippen molar-refractivity contribution in [3.8, 4) is 5.75 Å². The highest BCUT2D eigenvalue weighted by Crippen LogP contribution is 2.30. The van der Waals surface area contributed by atoms with Gasteiger partial charge >= 0.3 is 0 Å². The summed E-state index contributed by atoms with van der Waals surface area (Å²) < 4.78 is 5.48. The lowest BCUT2D eigenvalue weighted by Gasteiger charge is -2.07. The molecule has 0 saturated heterocycles. The molecule has 2 nitrogen and oxygen atoms in total. The average Bonchev–Trinajstić information content (AvgIpc) is 2.95. The van der Waals surface area contributed by atoms with Gasteiger partial charge < -0.3 is 4.74 Å². The molecule has 0 radical (unpaired) electrons. The summed E-state index contributed by atoms with van der Waals surface area (Å²) in [6.07, 6.45) is 2.10. The van der Waals surface area contributed by atoms with Crippen LogP contribution >= 0.6 is 0 Å². The van der Waals surface area contributed by atoms with Crippen molar-refractivity contribution in [2.75, 3.05) is 6.61 Å². The van der Waals surface area contributed by atoms with E-state index < -0.39 is 0 Å². The molecule has 1 saturated carbocycles. The Balaban J connectivity index is 1.94. The van der Waals surface area contributed by atoms with E-state index in [9.17, 15) is 4.79 Å². The molecule has 0 aliphatic heterocycles. The smallest absolute Gasteiger partial charge is 0.173 e. The highest BCUT2D eigenvalue weighted by atomic mass is 16.5. The van der Waals surface area contributed by atoms with Crippen LogP contribution in [0.1, 0.15) is 24.0 Å². The van der Waals surface area contributed by atoms with Crippen LogP contribution in [-0.2, 0) is 4.79 Å². The molecule has 0 amide bonds. The van der Waals surface area contributed by atoms with Crippen LogP contribution in [0.5, 0.6) is 5.75 Å². The molecule has 80 valence electrons. The van der Waals surface area contributed by atoms with Crippen molar-refractivity contribution in [2.24, 2.45) is 5.92 Å². The molecule has 1 fully saturated rings. The van der Waals surface area contributed by atoms with Crippen LogP contribution in [0.25, 0.3) is 0 Å². The summed E-state index contributed by atoms with van der Waals surface area (Å²) in [5, 5.41) is 0. The van der Waals surface area contributed by atoms with Gasteiger partial charge in [0.25, 0.3) is 0 Å². The van der Waals surface area contributed by atoms with Crippen LogP contribution in [0.4, 0.5) is 0 Å². The quantitative estimate of drug-likeness (QED) is 0.753. The number of ketones is 1. The Bertz CT molecular complexity index is 358. The van der Waals surface area contributed by atoms with Crippen LogP contribution < -0.4 is 4.74 Å². The Hall–Kier alpha value is -1.31. The van der Waals surface area contributed by atoms with E-state index in [1.807, 2.05) is 26.0 Å². The zero-order chi connectivity index (χ0) is 10.8. The predicted molar refractivity (Wildman–Crippen MR) is 59.1 cm³/mol. The molecule has 15 heavy (non-hydrogen) atoms. The van der Waals surface area contributed by atoms with Crippen molar-refractivity contribution in [2.45, 2.75) is 26.7 Å². The molecule has 2 heteroatoms. The molecular weight excluding hydrogens is 188 g/mol. The Kier molecular flexibility index (Phi) is 2.76. The second kappa shape index (κ2) is 4.05. The third-order valence-corrected chi connectivity index (χ3v) is 2.61. The molecule has 2 rings (SSSR count). The van der Waals surface area contributed by atoms with E-state index in [0.29, 0.717) is 0 Å². The van der Waals surface area contributed by atoms with Gasteiger partial charge in [0.1, 0.15) is 12.4 Å². The number of hydrogen-bond acceptors (Lipinski definition) is 2. The SMILES string of the molecule is Cc1cc(C)cc(OCC(=O)C2CC2)c1. The van der Waals surface area contributed by atoms with Crippen molar-refractivity contribution >= 4 is 5.78 Å². The van der Waals surface area contributed by atoms with E-state index in [0.717, 1.165) is 18.6 Å². The van der Waals surface area contributed by atoms with Crippen molar-refractivity contribution in [3.05, 3.63) is 29.3 Å². The van der Waals surface area contributed by atoms with Gasteiger partial charge in [-0.3, -0.25) is 4.79 Å². The molecule has 1 aromatic rings. The van der Waals surface area contributed by atoms with E-state index in [1.165, 1.54) is 11.1 Å². The molecule has 0 spiro atoms. The normalized spacial score (nSPS) is 15.1. The van der Waals surface area contributed by atoms with Gasteiger partial charge in [-0.2, -0.15) is 0 Å². The Labute approximate surface area is 90.3 Å². The molecule has 1 aromatic carbocycles. The summed E-state index contributed by atoms with van der Waals surface area (Å²) >= 11 is 0. The lowest BCUT2D eigenvalue weighted by molar-refractivity contribution is -0.122. The molecule has 0 bridgehead atoms. The molecule has 1 aliphatic rings. The maximum absolute atomic E-state index is 11.4. The number of rotatable bonds is 4. The van der Waals surface area contributed by atoms with Gasteiger partial charge in [0.05, 0.1) is 0 Å². The summed E-state index contributed by atoms with van der Waals surface area (Å²) in [6, 6.07) is 6.02. The molecule has 0 heterocycles. The number of benzene rings is 1. The Morgan fingerprint density at radius 1 is 1.27 bits per heavy atom. The molecule has 0 atom stereocenters. The summed E-state index contributed by atoms with van der Waals surface area (Å²) in [4.78, 5) is 11.4. The fourth-order valence-electron chi connectivity index (χ4n) is 1.69. The zero-order valence-electron chi connectivity index (χ0n) is 9.25. The minimum Gasteiger partial charge on any atom is -0.486 e. The highest BCUT2D eigenvalue weighted by Gasteiger charge is 2.29. The van der Waals surface area contributed by atoms with Gasteiger partial charge in [-0.15, -0.1) is 0 Å². The maximum atomic E-state index is 11.4. The second-order valence-electron chi connectivity index (χ2n) is 4.35. The lowest BCUT2D eigenvalue weighted by Crippen LogP contribution is -2.12. The summed E-state index contributed by atoms with van der Waals surface area (Å²) in [6.45, 7) is 4.29. The van der Waals surface area contributed by atoms with Gasteiger partial charge in [0.15, 0.2) is 5.78 Å². The van der Waals surface area contributed by atoms with Crippen molar-refractivity contribution in [1.29, 1.82) is 0 Å². The second-order valence-corrected chi connectivity index (χ2v) is 4.35. The summed E-state index contributed by atoms with van der Waals surface area (Å²) in [5.74, 6) is 1.34. The fourth-order valence-corrected chi connectivity index (χ4v) is 1.69. The van der Waals surface area contributed by atoms with Crippen LogP contribution in [0, 0.1) is 19.8 Å². The molecule has 0 aromatic heterocycles. The van der Waals surface area contributed by atoms with Gasteiger partial charge in [-0.25, -0.2) is 0 Å². The Morgan fingerprint density at radius 2 is 1.87 bits per heavy atom. The number of aryl methyl sites for hydroxylation is 2. The van der Waals surface area contributed by atoms with Crippen LogP contribution in [0.15, 0.2) is 18.2 Å². The van der Waals surface area contributed by atoms with Crippen LogP contribution in [-0.4, -0.2) is 12.4 Å². The van der Waals surface area contributed by atoms with Gasteiger partial charge in [-0.1, -0.05) is 6.07 Å². The first-order valence-electron chi connectivity index (χ1n) is 5.39. The summed E-state index contributed by atoms with van der Waals surface area (Å²) in [7, 11) is 0. The standard InChI is InChI=1S/C13H16O2/c1-9-5-10(2)7-12(6-9)15-8-13(14)11-3-4-11/h5-7,11H,3-4,8H2,1-2H3. The molecular formula is C13H16O2. The van der Waals surface area contributed by atoms with Crippen molar-refractivity contribution < 1.29 is 9.53 Å². The minimum atomic E-state index is 0.230. The first-order valence-corrected chi connectivity index (χ1v) is 5.39. The fraction of sp³-hybridized carbons (Fsp3) is 0.462. The summed E-state index contributed by atoms with van der Waals surface area (Å²) in [5.41, 5.74) is 2.34. The van der Waals surface area contributed by atoms with Crippen molar-refractivity contribution in [3.63, 3.8) is 0 Å². The van der Waals surface area contributed by atoms with E-state index in [-0.39, 0.29) is 18.3 Å². The molecule has 0 N–H and O–H groups in total. The van der Waals surface area contributed by atoms with Gasteiger partial charge in [0.2, 0.25) is 0 Å². The first kappa shape index (κ1) is 10.2. The molecule has 1 aliphatic carbocycles. The average molecular weight is 204 g/mol. The monoisotopic (exact) mass is 204 g/mol. The highest BCUT2D eigenvalue weighted by molar-refractivity contribution is 5.84. The Morgan fingerprint density at radius 3 is 2.40 bits per heavy atom.